The molecule has 2 N–H and O–H groups in total. The lowest BCUT2D eigenvalue weighted by molar-refractivity contribution is -0.138. The molecule has 0 saturated carbocycles. The molecule has 1 aromatic heterocycles. The van der Waals surface area contributed by atoms with E-state index in [-0.39, 0.29) is 36.1 Å². The van der Waals surface area contributed by atoms with Gasteiger partial charge in [-0.3, -0.25) is 9.59 Å². The van der Waals surface area contributed by atoms with Crippen LogP contribution in [0.2, 0.25) is 0 Å². The van der Waals surface area contributed by atoms with Crippen molar-refractivity contribution in [2.75, 3.05) is 20.2 Å². The number of fused-ring (bicyclic) bond motifs is 2. The molecule has 1 aliphatic heterocycles. The lowest BCUT2D eigenvalue weighted by atomic mass is 9.99. The van der Waals surface area contributed by atoms with Gasteiger partial charge in [-0.25, -0.2) is 8.42 Å². The summed E-state index contributed by atoms with van der Waals surface area (Å²) < 4.78 is 41.1. The van der Waals surface area contributed by atoms with Crippen LogP contribution in [0.1, 0.15) is 42.6 Å². The molecule has 54 heavy (non-hydrogen) atoms. The van der Waals surface area contributed by atoms with Crippen molar-refractivity contribution in [3.05, 3.63) is 148 Å². The molecular weight excluding hydrogens is 703 g/mol. The summed E-state index contributed by atoms with van der Waals surface area (Å²) in [4.78, 5) is 31.9. The number of aromatic amines is 1. The highest BCUT2D eigenvalue weighted by Crippen LogP contribution is 2.33. The molecule has 5 aromatic carbocycles. The van der Waals surface area contributed by atoms with Crippen LogP contribution in [0.15, 0.2) is 131 Å². The minimum absolute atomic E-state index is 0.116. The Hall–Kier alpha value is -5.49. The Kier molecular flexibility index (Phi) is 10.8. The Balaban J connectivity index is 1.20. The molecule has 1 aliphatic rings. The Morgan fingerprint density at radius 3 is 2.41 bits per heavy atom. The van der Waals surface area contributed by atoms with Crippen LogP contribution >= 0.6 is 0 Å². The number of sulfonamides is 1. The molecule has 0 spiro atoms. The summed E-state index contributed by atoms with van der Waals surface area (Å²) in [5.41, 5.74) is 2.51. The predicted octanol–water partition coefficient (Wildman–Crippen LogP) is 6.62. The van der Waals surface area contributed by atoms with Crippen molar-refractivity contribution >= 4 is 37.6 Å². The minimum Gasteiger partial charge on any atom is -0.497 e. The summed E-state index contributed by atoms with van der Waals surface area (Å²) in [6.07, 6.45) is 0.142. The lowest BCUT2D eigenvalue weighted by Crippen LogP contribution is -2.52. The van der Waals surface area contributed by atoms with Gasteiger partial charge in [0.1, 0.15) is 24.1 Å². The topological polar surface area (TPSA) is 129 Å². The maximum absolute atomic E-state index is 14.7. The first kappa shape index (κ1) is 36.9. The molecule has 3 atom stereocenters. The number of methoxy groups -OCH3 is 1. The molecule has 1 amide bonds. The van der Waals surface area contributed by atoms with Crippen molar-refractivity contribution in [1.29, 1.82) is 0 Å². The van der Waals surface area contributed by atoms with E-state index in [2.05, 4.69) is 4.98 Å². The van der Waals surface area contributed by atoms with Gasteiger partial charge in [0.25, 0.3) is 0 Å². The summed E-state index contributed by atoms with van der Waals surface area (Å²) in [7, 11) is -2.44. The SMILES string of the molecule is COc1ccc(C[C@@H](C)N(C[C@H](O)c2ccc(OCc3ccccc3)c3[nH]c(=O)ccc23)C(=O)[C@@H]2CCCN2S(=O)(=O)c2ccc3ccccc3c2)cc1. The molecule has 1 saturated heterocycles. The molecule has 0 aliphatic carbocycles. The summed E-state index contributed by atoms with van der Waals surface area (Å²) in [5.74, 6) is 0.776. The third kappa shape index (κ3) is 7.75. The normalized spacial score (nSPS) is 15.9. The molecule has 0 bridgehead atoms. The summed E-state index contributed by atoms with van der Waals surface area (Å²) >= 11 is 0. The van der Waals surface area contributed by atoms with E-state index >= 15 is 0 Å². The van der Waals surface area contributed by atoms with Crippen LogP contribution < -0.4 is 15.0 Å². The summed E-state index contributed by atoms with van der Waals surface area (Å²) in [5, 5.41) is 14.3. The lowest BCUT2D eigenvalue weighted by Gasteiger charge is -2.35. The molecule has 11 heteroatoms. The van der Waals surface area contributed by atoms with E-state index in [0.717, 1.165) is 21.9 Å². The van der Waals surface area contributed by atoms with Crippen molar-refractivity contribution in [3.8, 4) is 11.5 Å². The van der Waals surface area contributed by atoms with Crippen LogP contribution in [0.3, 0.4) is 0 Å². The number of nitrogens with one attached hydrogen (secondary N) is 1. The van der Waals surface area contributed by atoms with E-state index in [1.165, 1.54) is 10.4 Å². The van der Waals surface area contributed by atoms with Gasteiger partial charge in [-0.2, -0.15) is 4.31 Å². The number of hydrogen-bond donors (Lipinski definition) is 2. The van der Waals surface area contributed by atoms with Gasteiger partial charge in [0.15, 0.2) is 0 Å². The number of carbonyl (C=O) groups is 1. The predicted molar refractivity (Wildman–Crippen MR) is 209 cm³/mol. The van der Waals surface area contributed by atoms with Gasteiger partial charge < -0.3 is 24.5 Å². The number of nitrogens with zero attached hydrogens (tertiary/aromatic N) is 2. The molecular formula is C43H43N3O7S. The van der Waals surface area contributed by atoms with E-state index in [4.69, 9.17) is 9.47 Å². The highest BCUT2D eigenvalue weighted by Gasteiger charge is 2.42. The first-order valence-electron chi connectivity index (χ1n) is 18.1. The smallest absolute Gasteiger partial charge is 0.248 e. The average molecular weight is 746 g/mol. The highest BCUT2D eigenvalue weighted by atomic mass is 32.2. The number of rotatable bonds is 13. The van der Waals surface area contributed by atoms with Crippen LogP contribution in [-0.2, 0) is 27.8 Å². The number of aliphatic hydroxyl groups excluding tert-OH is 1. The van der Waals surface area contributed by atoms with Crippen molar-refractivity contribution in [2.45, 2.75) is 55.9 Å². The van der Waals surface area contributed by atoms with Gasteiger partial charge >= 0.3 is 0 Å². The molecule has 1 fully saturated rings. The summed E-state index contributed by atoms with van der Waals surface area (Å²) in [6, 6.07) is 34.9. The fourth-order valence-corrected chi connectivity index (χ4v) is 8.99. The zero-order valence-corrected chi connectivity index (χ0v) is 31.0. The van der Waals surface area contributed by atoms with Crippen LogP contribution in [-0.4, -0.2) is 65.9 Å². The number of aromatic nitrogens is 1. The van der Waals surface area contributed by atoms with E-state index in [1.807, 2.05) is 85.8 Å². The van der Waals surface area contributed by atoms with E-state index in [1.54, 1.807) is 48.4 Å². The number of benzene rings is 5. The first-order chi connectivity index (χ1) is 26.1. The summed E-state index contributed by atoms with van der Waals surface area (Å²) in [6.45, 7) is 2.27. The number of aliphatic hydroxyl groups is 1. The highest BCUT2D eigenvalue weighted by molar-refractivity contribution is 7.89. The number of H-pyrrole nitrogens is 1. The molecule has 0 radical (unpaired) electrons. The van der Waals surface area contributed by atoms with Crippen LogP contribution in [0.4, 0.5) is 0 Å². The van der Waals surface area contributed by atoms with Gasteiger partial charge in [-0.1, -0.05) is 78.9 Å². The van der Waals surface area contributed by atoms with E-state index in [0.29, 0.717) is 47.2 Å². The van der Waals surface area contributed by atoms with Gasteiger partial charge in [0.2, 0.25) is 21.5 Å². The van der Waals surface area contributed by atoms with E-state index < -0.39 is 28.2 Å². The molecule has 278 valence electrons. The molecule has 2 heterocycles. The van der Waals surface area contributed by atoms with Gasteiger partial charge in [-0.15, -0.1) is 0 Å². The first-order valence-corrected chi connectivity index (χ1v) is 19.5. The fourth-order valence-electron chi connectivity index (χ4n) is 7.31. The van der Waals surface area contributed by atoms with E-state index in [9.17, 15) is 23.1 Å². The van der Waals surface area contributed by atoms with Crippen molar-refractivity contribution in [1.82, 2.24) is 14.2 Å². The second-order valence-corrected chi connectivity index (χ2v) is 15.6. The maximum Gasteiger partial charge on any atom is 0.248 e. The van der Waals surface area contributed by atoms with Crippen molar-refractivity contribution in [2.24, 2.45) is 0 Å². The molecule has 6 aromatic rings. The number of amides is 1. The fraction of sp³-hybridized carbons (Fsp3) is 0.256. The van der Waals surface area contributed by atoms with Crippen LogP contribution in [0, 0.1) is 0 Å². The largest absolute Gasteiger partial charge is 0.497 e. The van der Waals surface area contributed by atoms with Gasteiger partial charge in [0.05, 0.1) is 30.2 Å². The molecule has 0 unspecified atom stereocenters. The third-order valence-electron chi connectivity index (χ3n) is 10.2. The Labute approximate surface area is 314 Å². The minimum atomic E-state index is -4.03. The van der Waals surface area contributed by atoms with Crippen molar-refractivity contribution < 1.29 is 27.8 Å². The maximum atomic E-state index is 14.7. The van der Waals surface area contributed by atoms with Crippen LogP contribution in [0.5, 0.6) is 11.5 Å². The number of hydrogen-bond acceptors (Lipinski definition) is 7. The standard InChI is InChI=1S/C43H43N3O7S/c1-29(25-30-14-17-34(52-2)18-15-30)45(43(49)38-13-8-24-46(38)54(50,51)35-19-16-32-11-6-7-12-33(32)26-35)27-39(47)36-20-22-40(42-37(36)21-23-41(48)44-42)53-28-31-9-4-3-5-10-31/h3-7,9-12,14-23,26,29,38-39,47H,8,13,24-25,27-28H2,1-2H3,(H,44,48)/t29-,38+,39+/m1/s1. The molecule has 7 rings (SSSR count). The Morgan fingerprint density at radius 1 is 0.907 bits per heavy atom. The second-order valence-electron chi connectivity index (χ2n) is 13.7. The molecule has 10 nitrogen and oxygen atoms in total. The van der Waals surface area contributed by atoms with Crippen LogP contribution in [0.25, 0.3) is 21.7 Å². The monoisotopic (exact) mass is 745 g/mol. The van der Waals surface area contributed by atoms with Gasteiger partial charge in [0, 0.05) is 24.0 Å². The number of pyridine rings is 1. The Bertz CT molecular complexity index is 2430. The zero-order valence-electron chi connectivity index (χ0n) is 30.2. The van der Waals surface area contributed by atoms with Gasteiger partial charge in [-0.05, 0) is 90.0 Å². The number of ether oxygens (including phenoxy) is 2. The van der Waals surface area contributed by atoms with Crippen molar-refractivity contribution in [3.63, 3.8) is 0 Å². The zero-order chi connectivity index (χ0) is 37.8. The number of carbonyl (C=O) groups excluding carboxylic acids is 1. The average Bonchev–Trinajstić information content (AvgIpc) is 3.70. The quantitative estimate of drug-likeness (QED) is 0.136. The Morgan fingerprint density at radius 2 is 1.65 bits per heavy atom. The second kappa shape index (κ2) is 15.9. The third-order valence-corrected chi connectivity index (χ3v) is 12.1.